The van der Waals surface area contributed by atoms with Gasteiger partial charge in [-0.05, 0) is 29.8 Å². The van der Waals surface area contributed by atoms with E-state index < -0.39 is 27.2 Å². The van der Waals surface area contributed by atoms with E-state index in [0.717, 1.165) is 18.4 Å². The summed E-state index contributed by atoms with van der Waals surface area (Å²) in [6, 6.07) is 8.40. The molecule has 0 atom stereocenters. The van der Waals surface area contributed by atoms with Crippen molar-refractivity contribution in [1.29, 1.82) is 0 Å². The van der Waals surface area contributed by atoms with E-state index in [2.05, 4.69) is 14.9 Å². The van der Waals surface area contributed by atoms with Gasteiger partial charge < -0.3 is 4.74 Å². The molecule has 1 aromatic heterocycles. The summed E-state index contributed by atoms with van der Waals surface area (Å²) in [4.78, 5) is 0.176. The van der Waals surface area contributed by atoms with Crippen LogP contribution in [-0.2, 0) is 9.84 Å². The van der Waals surface area contributed by atoms with Crippen molar-refractivity contribution in [2.45, 2.75) is 4.90 Å². The van der Waals surface area contributed by atoms with Gasteiger partial charge in [0.25, 0.3) is 0 Å². The first-order valence-corrected chi connectivity index (χ1v) is 9.08. The summed E-state index contributed by atoms with van der Waals surface area (Å²) in [6.07, 6.45) is 2.63. The predicted octanol–water partition coefficient (Wildman–Crippen LogP) is 3.43. The first-order chi connectivity index (χ1) is 11.8. The molecule has 0 spiro atoms. The standard InChI is InChI=1S/C17H14F2N2O3S/c1-24-17-14(18)7-11(8-15(17)19)13-9-20-21-16(13)10-3-5-12(6-4-10)25(2,22)23/h3-9H,1-2H3,(H,20,21). The Hall–Kier alpha value is -2.74. The van der Waals surface area contributed by atoms with Crippen molar-refractivity contribution in [3.8, 4) is 28.1 Å². The minimum atomic E-state index is -3.31. The molecule has 3 rings (SSSR count). The number of ether oxygens (including phenoxy) is 1. The SMILES string of the molecule is COc1c(F)cc(-c2c[nH]nc2-c2ccc(S(C)(=O)=O)cc2)cc1F. The van der Waals surface area contributed by atoms with Crippen LogP contribution in [0.1, 0.15) is 0 Å². The molecule has 5 nitrogen and oxygen atoms in total. The van der Waals surface area contributed by atoms with Gasteiger partial charge in [0.15, 0.2) is 27.2 Å². The summed E-state index contributed by atoms with van der Waals surface area (Å²) in [7, 11) is -2.12. The van der Waals surface area contributed by atoms with Crippen LogP contribution in [0.3, 0.4) is 0 Å². The maximum Gasteiger partial charge on any atom is 0.190 e. The van der Waals surface area contributed by atoms with Crippen LogP contribution in [-0.4, -0.2) is 32.0 Å². The normalized spacial score (nSPS) is 11.5. The largest absolute Gasteiger partial charge is 0.491 e. The van der Waals surface area contributed by atoms with Gasteiger partial charge in [0, 0.05) is 23.6 Å². The molecule has 0 aliphatic heterocycles. The third kappa shape index (κ3) is 3.25. The zero-order valence-corrected chi connectivity index (χ0v) is 14.2. The van der Waals surface area contributed by atoms with Gasteiger partial charge in [0.05, 0.1) is 17.7 Å². The lowest BCUT2D eigenvalue weighted by atomic mass is 10.0. The smallest absolute Gasteiger partial charge is 0.190 e. The van der Waals surface area contributed by atoms with E-state index in [1.54, 1.807) is 12.1 Å². The average Bonchev–Trinajstić information content (AvgIpc) is 3.03. The maximum absolute atomic E-state index is 14.0. The molecule has 1 heterocycles. The molecule has 0 saturated carbocycles. The molecule has 3 aromatic rings. The highest BCUT2D eigenvalue weighted by Gasteiger charge is 2.17. The quantitative estimate of drug-likeness (QED) is 0.770. The number of aromatic nitrogens is 2. The summed E-state index contributed by atoms with van der Waals surface area (Å²) in [5.41, 5.74) is 1.82. The number of nitrogens with one attached hydrogen (secondary N) is 1. The van der Waals surface area contributed by atoms with Crippen LogP contribution >= 0.6 is 0 Å². The molecule has 1 N–H and O–H groups in total. The zero-order chi connectivity index (χ0) is 18.2. The van der Waals surface area contributed by atoms with Gasteiger partial charge in [-0.1, -0.05) is 12.1 Å². The number of benzene rings is 2. The Kier molecular flexibility index (Phi) is 4.30. The number of halogens is 2. The van der Waals surface area contributed by atoms with Crippen LogP contribution in [0, 0.1) is 11.6 Å². The molecule has 0 saturated heterocycles. The first kappa shape index (κ1) is 17.1. The van der Waals surface area contributed by atoms with Crippen LogP contribution in [0.5, 0.6) is 5.75 Å². The molecule has 0 radical (unpaired) electrons. The lowest BCUT2D eigenvalue weighted by molar-refractivity contribution is 0.360. The summed E-state index contributed by atoms with van der Waals surface area (Å²) >= 11 is 0. The summed E-state index contributed by atoms with van der Waals surface area (Å²) in [6.45, 7) is 0. The maximum atomic E-state index is 14.0. The Balaban J connectivity index is 2.07. The van der Waals surface area contributed by atoms with E-state index in [1.807, 2.05) is 0 Å². The van der Waals surface area contributed by atoms with Gasteiger partial charge >= 0.3 is 0 Å². The third-order valence-corrected chi connectivity index (χ3v) is 4.84. The molecule has 0 aliphatic carbocycles. The van der Waals surface area contributed by atoms with Crippen molar-refractivity contribution >= 4 is 9.84 Å². The summed E-state index contributed by atoms with van der Waals surface area (Å²) in [5.74, 6) is -2.10. The molecule has 0 amide bonds. The van der Waals surface area contributed by atoms with Crippen molar-refractivity contribution < 1.29 is 21.9 Å². The zero-order valence-electron chi connectivity index (χ0n) is 13.4. The lowest BCUT2D eigenvalue weighted by Gasteiger charge is -2.08. The fourth-order valence-corrected chi connectivity index (χ4v) is 3.13. The molecule has 0 aliphatic rings. The van der Waals surface area contributed by atoms with Crippen molar-refractivity contribution in [3.05, 3.63) is 54.2 Å². The highest BCUT2D eigenvalue weighted by atomic mass is 32.2. The topological polar surface area (TPSA) is 72.0 Å². The van der Waals surface area contributed by atoms with Crippen LogP contribution in [0.4, 0.5) is 8.78 Å². The second-order valence-corrected chi connectivity index (χ2v) is 7.43. The number of methoxy groups -OCH3 is 1. The number of sulfone groups is 1. The number of rotatable bonds is 4. The summed E-state index contributed by atoms with van der Waals surface area (Å²) in [5, 5.41) is 6.77. The number of hydrogen-bond acceptors (Lipinski definition) is 4. The minimum absolute atomic E-state index is 0.176. The number of H-pyrrole nitrogens is 1. The van der Waals surface area contributed by atoms with E-state index >= 15 is 0 Å². The van der Waals surface area contributed by atoms with E-state index in [9.17, 15) is 17.2 Å². The van der Waals surface area contributed by atoms with Crippen LogP contribution in [0.15, 0.2) is 47.5 Å². The van der Waals surface area contributed by atoms with Crippen LogP contribution in [0.25, 0.3) is 22.4 Å². The third-order valence-electron chi connectivity index (χ3n) is 3.71. The molecule has 0 fully saturated rings. The Morgan fingerprint density at radius 2 is 1.64 bits per heavy atom. The molecule has 2 aromatic carbocycles. The highest BCUT2D eigenvalue weighted by molar-refractivity contribution is 7.90. The predicted molar refractivity (Wildman–Crippen MR) is 89.0 cm³/mol. The van der Waals surface area contributed by atoms with Crippen molar-refractivity contribution in [2.24, 2.45) is 0 Å². The fraction of sp³-hybridized carbons (Fsp3) is 0.118. The van der Waals surface area contributed by atoms with E-state index in [1.165, 1.54) is 25.4 Å². The molecule has 8 heteroatoms. The highest BCUT2D eigenvalue weighted by Crippen LogP contribution is 2.34. The van der Waals surface area contributed by atoms with Crippen molar-refractivity contribution in [1.82, 2.24) is 10.2 Å². The fourth-order valence-electron chi connectivity index (χ4n) is 2.50. The summed E-state index contributed by atoms with van der Waals surface area (Å²) < 4.78 is 55.7. The Bertz CT molecular complexity index is 1010. The Labute approximate surface area is 143 Å². The average molecular weight is 364 g/mol. The van der Waals surface area contributed by atoms with Gasteiger partial charge in [-0.2, -0.15) is 5.10 Å². The van der Waals surface area contributed by atoms with Gasteiger partial charge in [-0.15, -0.1) is 0 Å². The second-order valence-electron chi connectivity index (χ2n) is 5.42. The molecule has 0 unspecified atom stereocenters. The lowest BCUT2D eigenvalue weighted by Crippen LogP contribution is -1.96. The first-order valence-electron chi connectivity index (χ1n) is 7.19. The number of hydrogen-bond donors (Lipinski definition) is 1. The Morgan fingerprint density at radius 3 is 2.16 bits per heavy atom. The molecule has 25 heavy (non-hydrogen) atoms. The van der Waals surface area contributed by atoms with Gasteiger partial charge in [-0.3, -0.25) is 5.10 Å². The van der Waals surface area contributed by atoms with Gasteiger partial charge in [0.2, 0.25) is 0 Å². The van der Waals surface area contributed by atoms with Gasteiger partial charge in [0.1, 0.15) is 0 Å². The molecular weight excluding hydrogens is 350 g/mol. The number of aromatic amines is 1. The monoisotopic (exact) mass is 364 g/mol. The van der Waals surface area contributed by atoms with Crippen LogP contribution in [0.2, 0.25) is 0 Å². The van der Waals surface area contributed by atoms with E-state index in [4.69, 9.17) is 0 Å². The van der Waals surface area contributed by atoms with Crippen molar-refractivity contribution in [2.75, 3.05) is 13.4 Å². The molecule has 130 valence electrons. The van der Waals surface area contributed by atoms with E-state index in [-0.39, 0.29) is 10.5 Å². The minimum Gasteiger partial charge on any atom is -0.491 e. The van der Waals surface area contributed by atoms with Crippen molar-refractivity contribution in [3.63, 3.8) is 0 Å². The molecular formula is C17H14F2N2O3S. The van der Waals surface area contributed by atoms with Gasteiger partial charge in [-0.25, -0.2) is 17.2 Å². The number of nitrogens with zero attached hydrogens (tertiary/aromatic N) is 1. The second kappa shape index (κ2) is 6.29. The van der Waals surface area contributed by atoms with E-state index in [0.29, 0.717) is 16.8 Å². The Morgan fingerprint density at radius 1 is 1.04 bits per heavy atom. The molecule has 0 bridgehead atoms. The van der Waals surface area contributed by atoms with Crippen LogP contribution < -0.4 is 4.74 Å².